The lowest BCUT2D eigenvalue weighted by atomic mass is 9.92. The minimum absolute atomic E-state index is 0.0364. The van der Waals surface area contributed by atoms with E-state index in [1.54, 1.807) is 0 Å². The number of unbranched alkanes of at least 4 members (excludes halogenated alkanes) is 5. The second-order valence-electron chi connectivity index (χ2n) is 5.66. The first-order chi connectivity index (χ1) is 8.94. The van der Waals surface area contributed by atoms with Gasteiger partial charge >= 0.3 is 0 Å². The van der Waals surface area contributed by atoms with Gasteiger partial charge in [0.25, 0.3) is 0 Å². The average Bonchev–Trinajstić information content (AvgIpc) is 2.39. The maximum Gasteiger partial charge on any atom is 0.220 e. The van der Waals surface area contributed by atoms with Crippen LogP contribution in [0.3, 0.4) is 0 Å². The van der Waals surface area contributed by atoms with Crippen LogP contribution in [0.15, 0.2) is 5.16 Å². The van der Waals surface area contributed by atoms with Gasteiger partial charge in [-0.3, -0.25) is 4.79 Å². The molecule has 0 heterocycles. The van der Waals surface area contributed by atoms with Crippen LogP contribution in [0, 0.1) is 5.41 Å². The Labute approximate surface area is 116 Å². The quantitative estimate of drug-likeness (QED) is 0.188. The van der Waals surface area contributed by atoms with Crippen LogP contribution in [0.5, 0.6) is 0 Å². The molecule has 0 spiro atoms. The molecule has 0 aromatic heterocycles. The van der Waals surface area contributed by atoms with E-state index >= 15 is 0 Å². The van der Waals surface area contributed by atoms with Crippen molar-refractivity contribution in [2.24, 2.45) is 16.3 Å². The molecule has 5 nitrogen and oxygen atoms in total. The van der Waals surface area contributed by atoms with E-state index < -0.39 is 5.41 Å². The molecule has 5 heteroatoms. The summed E-state index contributed by atoms with van der Waals surface area (Å²) in [5.74, 6) is 0.168. The van der Waals surface area contributed by atoms with E-state index in [-0.39, 0.29) is 11.7 Å². The Bertz CT molecular complexity index is 288. The van der Waals surface area contributed by atoms with E-state index in [0.717, 1.165) is 12.8 Å². The molecule has 0 atom stereocenters. The molecule has 0 aliphatic rings. The third-order valence-electron chi connectivity index (χ3n) is 3.29. The van der Waals surface area contributed by atoms with Crippen LogP contribution in [-0.4, -0.2) is 23.5 Å². The van der Waals surface area contributed by atoms with Gasteiger partial charge in [0, 0.05) is 18.4 Å². The summed E-state index contributed by atoms with van der Waals surface area (Å²) >= 11 is 0. The van der Waals surface area contributed by atoms with E-state index in [0.29, 0.717) is 13.0 Å². The first-order valence-corrected chi connectivity index (χ1v) is 7.18. The molecule has 1 amide bonds. The van der Waals surface area contributed by atoms with Gasteiger partial charge in [-0.05, 0) is 6.42 Å². The van der Waals surface area contributed by atoms with Crippen molar-refractivity contribution >= 4 is 11.7 Å². The Morgan fingerprint density at radius 2 is 1.79 bits per heavy atom. The van der Waals surface area contributed by atoms with Crippen LogP contribution >= 0.6 is 0 Å². The highest BCUT2D eigenvalue weighted by atomic mass is 16.4. The number of hydrogen-bond donors (Lipinski definition) is 3. The lowest BCUT2D eigenvalue weighted by Crippen LogP contribution is -2.42. The molecule has 0 saturated carbocycles. The Morgan fingerprint density at radius 3 is 2.37 bits per heavy atom. The number of nitrogens with two attached hydrogens (primary N) is 1. The molecule has 19 heavy (non-hydrogen) atoms. The predicted molar refractivity (Wildman–Crippen MR) is 78.2 cm³/mol. The highest BCUT2D eigenvalue weighted by Crippen LogP contribution is 2.13. The van der Waals surface area contributed by atoms with Crippen molar-refractivity contribution in [3.63, 3.8) is 0 Å². The average molecular weight is 271 g/mol. The molecule has 0 aliphatic heterocycles. The number of hydrogen-bond acceptors (Lipinski definition) is 3. The molecular weight excluding hydrogens is 242 g/mol. The van der Waals surface area contributed by atoms with E-state index in [9.17, 15) is 4.79 Å². The summed E-state index contributed by atoms with van der Waals surface area (Å²) in [4.78, 5) is 11.6. The van der Waals surface area contributed by atoms with Crippen LogP contribution in [0.4, 0.5) is 0 Å². The lowest BCUT2D eigenvalue weighted by Gasteiger charge is -2.23. The van der Waals surface area contributed by atoms with Crippen LogP contribution in [0.2, 0.25) is 0 Å². The molecule has 0 rings (SSSR count). The number of rotatable bonds is 10. The third-order valence-corrected chi connectivity index (χ3v) is 3.29. The SMILES string of the molecule is CCCCCCCCC(=O)NCC(C)(C)C(N)=NO. The van der Waals surface area contributed by atoms with Gasteiger partial charge in [0.1, 0.15) is 5.84 Å². The van der Waals surface area contributed by atoms with Crippen molar-refractivity contribution in [2.75, 3.05) is 6.54 Å². The van der Waals surface area contributed by atoms with Crippen molar-refractivity contribution in [3.8, 4) is 0 Å². The second kappa shape index (κ2) is 9.64. The second-order valence-corrected chi connectivity index (χ2v) is 5.66. The Balaban J connectivity index is 3.70. The van der Waals surface area contributed by atoms with E-state index in [1.165, 1.54) is 25.7 Å². The normalized spacial score (nSPS) is 12.5. The summed E-state index contributed by atoms with van der Waals surface area (Å²) in [5.41, 5.74) is 5.03. The molecule has 0 unspecified atom stereocenters. The van der Waals surface area contributed by atoms with E-state index in [4.69, 9.17) is 10.9 Å². The Hall–Kier alpha value is -1.26. The highest BCUT2D eigenvalue weighted by molar-refractivity contribution is 5.86. The topological polar surface area (TPSA) is 87.7 Å². The zero-order valence-electron chi connectivity index (χ0n) is 12.5. The molecule has 0 radical (unpaired) electrons. The standard InChI is InChI=1S/C14H29N3O2/c1-4-5-6-7-8-9-10-12(18)16-11-14(2,3)13(15)17-19/h19H,4-11H2,1-3H3,(H2,15,17)(H,16,18). The van der Waals surface area contributed by atoms with Gasteiger partial charge in [-0.25, -0.2) is 0 Å². The highest BCUT2D eigenvalue weighted by Gasteiger charge is 2.24. The molecule has 112 valence electrons. The number of amides is 1. The zero-order chi connectivity index (χ0) is 14.7. The monoisotopic (exact) mass is 271 g/mol. The fourth-order valence-electron chi connectivity index (χ4n) is 1.70. The third kappa shape index (κ3) is 8.46. The van der Waals surface area contributed by atoms with Crippen LogP contribution in [0.25, 0.3) is 0 Å². The van der Waals surface area contributed by atoms with Gasteiger partial charge in [-0.2, -0.15) is 0 Å². The summed E-state index contributed by atoms with van der Waals surface area (Å²) in [5, 5.41) is 14.4. The summed E-state index contributed by atoms with van der Waals surface area (Å²) in [6, 6.07) is 0. The zero-order valence-corrected chi connectivity index (χ0v) is 12.5. The molecule has 0 saturated heterocycles. The van der Waals surface area contributed by atoms with Crippen LogP contribution in [-0.2, 0) is 4.79 Å². The number of carbonyl (C=O) groups is 1. The van der Waals surface area contributed by atoms with Gasteiger partial charge in [0.2, 0.25) is 5.91 Å². The molecule has 0 bridgehead atoms. The van der Waals surface area contributed by atoms with Gasteiger partial charge < -0.3 is 16.3 Å². The number of carbonyl (C=O) groups excluding carboxylic acids is 1. The number of nitrogens with one attached hydrogen (secondary N) is 1. The van der Waals surface area contributed by atoms with Gasteiger partial charge in [0.05, 0.1) is 0 Å². The number of nitrogens with zero attached hydrogens (tertiary/aromatic N) is 1. The molecule has 0 fully saturated rings. The van der Waals surface area contributed by atoms with Crippen molar-refractivity contribution in [1.82, 2.24) is 5.32 Å². The number of amidine groups is 1. The summed E-state index contributed by atoms with van der Waals surface area (Å²) in [6.07, 6.45) is 7.57. The summed E-state index contributed by atoms with van der Waals surface area (Å²) in [6.45, 7) is 6.23. The summed E-state index contributed by atoms with van der Waals surface area (Å²) < 4.78 is 0. The van der Waals surface area contributed by atoms with Gasteiger partial charge in [-0.1, -0.05) is 58.0 Å². The van der Waals surface area contributed by atoms with Crippen molar-refractivity contribution < 1.29 is 10.0 Å². The Kier molecular flexibility index (Phi) is 9.00. The first-order valence-electron chi connectivity index (χ1n) is 7.18. The van der Waals surface area contributed by atoms with Gasteiger partial charge in [0.15, 0.2) is 0 Å². The maximum absolute atomic E-state index is 11.6. The van der Waals surface area contributed by atoms with E-state index in [1.807, 2.05) is 13.8 Å². The molecular formula is C14H29N3O2. The van der Waals surface area contributed by atoms with Crippen molar-refractivity contribution in [3.05, 3.63) is 0 Å². The van der Waals surface area contributed by atoms with Crippen molar-refractivity contribution in [1.29, 1.82) is 0 Å². The molecule has 0 aromatic rings. The minimum Gasteiger partial charge on any atom is -0.409 e. The Morgan fingerprint density at radius 1 is 1.21 bits per heavy atom. The van der Waals surface area contributed by atoms with Crippen molar-refractivity contribution in [2.45, 2.75) is 65.7 Å². The molecule has 4 N–H and O–H groups in total. The van der Waals surface area contributed by atoms with Gasteiger partial charge in [-0.15, -0.1) is 0 Å². The number of oxime groups is 1. The smallest absolute Gasteiger partial charge is 0.220 e. The van der Waals surface area contributed by atoms with Crippen LogP contribution < -0.4 is 11.1 Å². The largest absolute Gasteiger partial charge is 0.409 e. The lowest BCUT2D eigenvalue weighted by molar-refractivity contribution is -0.121. The van der Waals surface area contributed by atoms with E-state index in [2.05, 4.69) is 17.4 Å². The fraction of sp³-hybridized carbons (Fsp3) is 0.857. The van der Waals surface area contributed by atoms with Crippen LogP contribution in [0.1, 0.15) is 65.7 Å². The first kappa shape index (κ1) is 17.7. The molecule has 0 aromatic carbocycles. The predicted octanol–water partition coefficient (Wildman–Crippen LogP) is 2.63. The minimum atomic E-state index is -0.522. The molecule has 0 aliphatic carbocycles. The fourth-order valence-corrected chi connectivity index (χ4v) is 1.70. The summed E-state index contributed by atoms with van der Waals surface area (Å²) in [7, 11) is 0. The maximum atomic E-state index is 11.6.